The second-order valence-corrected chi connectivity index (χ2v) is 32.6. The first-order valence-corrected chi connectivity index (χ1v) is 42.4. The fraction of sp³-hybridized carbons (Fsp3) is 0.0172. The Kier molecular flexibility index (Phi) is 16.3. The number of hydrogen-bond donors (Lipinski definition) is 0. The number of imidazole rings is 1. The van der Waals surface area contributed by atoms with Crippen molar-refractivity contribution >= 4 is 54.4 Å². The van der Waals surface area contributed by atoms with Crippen LogP contribution in [0, 0.1) is 0 Å². The lowest BCUT2D eigenvalue weighted by Crippen LogP contribution is -2.32. The first-order valence-electron chi connectivity index (χ1n) is 42.4. The number of benzene rings is 16. The van der Waals surface area contributed by atoms with Crippen molar-refractivity contribution in [2.24, 2.45) is 0 Å². The average molecular weight is 1590 g/mol. The van der Waals surface area contributed by atoms with E-state index in [-0.39, 0.29) is 0 Å². The molecule has 26 rings (SSSR count). The van der Waals surface area contributed by atoms with Crippen LogP contribution in [0.25, 0.3) is 172 Å². The number of fused-ring (bicyclic) bond motifs is 25. The summed E-state index contributed by atoms with van der Waals surface area (Å²) in [7, 11) is 0. The molecule has 6 aromatic heterocycles. The van der Waals surface area contributed by atoms with Gasteiger partial charge >= 0.3 is 0 Å². The maximum absolute atomic E-state index is 6.94. The van der Waals surface area contributed by atoms with Crippen LogP contribution < -0.4 is 9.47 Å². The van der Waals surface area contributed by atoms with E-state index < -0.39 is 10.8 Å². The summed E-state index contributed by atoms with van der Waals surface area (Å²) >= 11 is 0. The highest BCUT2D eigenvalue weighted by atomic mass is 16.5. The molecule has 0 bridgehead atoms. The van der Waals surface area contributed by atoms with Gasteiger partial charge in [0, 0.05) is 78.6 Å². The lowest BCUT2D eigenvalue weighted by atomic mass is 9.65. The molecule has 0 atom stereocenters. The summed E-state index contributed by atoms with van der Waals surface area (Å²) in [5.41, 5.74) is 33.7. The molecule has 0 fully saturated rings. The normalized spacial score (nSPS) is 13.1. The molecule has 0 radical (unpaired) electrons. The Balaban J connectivity index is 0.000000137. The summed E-state index contributed by atoms with van der Waals surface area (Å²) in [4.78, 5) is 30.0. The molecule has 125 heavy (non-hydrogen) atoms. The van der Waals surface area contributed by atoms with Gasteiger partial charge in [0.15, 0.2) is 0 Å². The van der Waals surface area contributed by atoms with Crippen molar-refractivity contribution in [2.75, 3.05) is 0 Å². The minimum Gasteiger partial charge on any atom is -0.457 e. The van der Waals surface area contributed by atoms with Crippen LogP contribution in [0.5, 0.6) is 23.0 Å². The zero-order valence-corrected chi connectivity index (χ0v) is 67.4. The van der Waals surface area contributed by atoms with Crippen molar-refractivity contribution in [3.8, 4) is 141 Å². The quantitative estimate of drug-likeness (QED) is 0.132. The molecule has 9 heteroatoms. The summed E-state index contributed by atoms with van der Waals surface area (Å²) in [6, 6.07) is 149. The monoisotopic (exact) mass is 1590 g/mol. The molecule has 22 aromatic rings. The summed E-state index contributed by atoms with van der Waals surface area (Å²) in [5.74, 6) is 4.38. The second-order valence-electron chi connectivity index (χ2n) is 32.6. The molecule has 0 amide bonds. The van der Waals surface area contributed by atoms with Gasteiger partial charge in [-0.2, -0.15) is 0 Å². The highest BCUT2D eigenvalue weighted by Crippen LogP contribution is 2.65. The topological polar surface area (TPSA) is 101 Å². The van der Waals surface area contributed by atoms with E-state index in [0.29, 0.717) is 0 Å². The van der Waals surface area contributed by atoms with Crippen LogP contribution in [-0.2, 0) is 10.8 Å². The number of pyridine rings is 5. The number of para-hydroxylation sites is 7. The van der Waals surface area contributed by atoms with Crippen LogP contribution in [0.4, 0.5) is 0 Å². The standard InChI is InChI=1S/C59H36N4O.C57H35N3O/c1-4-16-47-42(13-1)43-14-2-5-17-48(43)59(47)49-18-6-8-22-56(49)64-57-36-46-45(35-50(57)59)44-15-3-7-19-51(44)63-58(46)40-29-27-38(28-30-40)37-23-25-39(26-24-37)41-33-54(52-20-9-11-31-60-52)62-55(34-41)53-21-10-12-32-61-53;1-2-14-40(15-3-1)60-52-24-12-11-23-51(52)59-56(60)39-32-28-37(29-33-39)36-26-30-38(31-27-36)55-45-35-54-49(34-44(45)43-18-6-10-22-50(43)58-55)57(48-21-9-13-25-53(48)61-54)46-19-7-4-16-41(46)42-17-5-8-20-47(42)57/h1-36H;1-35H. The van der Waals surface area contributed by atoms with Gasteiger partial charge in [0.05, 0.1) is 67.1 Å². The van der Waals surface area contributed by atoms with Crippen molar-refractivity contribution < 1.29 is 9.47 Å². The first-order chi connectivity index (χ1) is 61.9. The molecular weight excluding hydrogens is 1520 g/mol. The van der Waals surface area contributed by atoms with Crippen molar-refractivity contribution in [1.29, 1.82) is 0 Å². The second kappa shape index (κ2) is 28.5. The Bertz CT molecular complexity index is 7990. The van der Waals surface area contributed by atoms with Gasteiger partial charge in [-0.25, -0.2) is 19.9 Å². The maximum Gasteiger partial charge on any atom is 0.145 e. The molecule has 16 aromatic carbocycles. The van der Waals surface area contributed by atoms with E-state index in [4.69, 9.17) is 29.4 Å². The molecule has 2 aliphatic carbocycles. The average Bonchev–Trinajstić information content (AvgIpc) is 1.55. The number of ether oxygens (including phenoxy) is 2. The SMILES string of the molecule is c1ccc(-c2cc(-c3ccc(-c4ccc(-c5nc6ccccc6c6cc7c(cc56)Oc5ccccc5C75c6ccccc6-c6ccccc65)cc4)cc3)cc(-c3ccccn3)n2)nc1.c1ccc(-n2c(-c3ccc(-c4ccc(-c5nc6ccccc6c6cc7c(cc56)Oc5ccccc5C75c6ccccc6-c6ccccc65)cc4)cc3)nc3ccccc32)cc1. The highest BCUT2D eigenvalue weighted by molar-refractivity contribution is 6.14. The van der Waals surface area contributed by atoms with E-state index in [1.807, 2.05) is 48.5 Å². The van der Waals surface area contributed by atoms with Gasteiger partial charge < -0.3 is 9.47 Å². The molecular formula is C116H71N7O2. The van der Waals surface area contributed by atoms with Crippen LogP contribution in [0.15, 0.2) is 431 Å². The van der Waals surface area contributed by atoms with Crippen LogP contribution in [0.3, 0.4) is 0 Å². The zero-order valence-electron chi connectivity index (χ0n) is 67.4. The molecule has 9 nitrogen and oxygen atoms in total. The summed E-state index contributed by atoms with van der Waals surface area (Å²) < 4.78 is 16.1. The van der Waals surface area contributed by atoms with E-state index in [1.54, 1.807) is 12.4 Å². The Hall–Kier alpha value is -16.6. The van der Waals surface area contributed by atoms with Crippen LogP contribution in [0.2, 0.25) is 0 Å². The summed E-state index contributed by atoms with van der Waals surface area (Å²) in [5, 5.41) is 6.65. The molecule has 0 saturated carbocycles. The number of hydrogen-bond acceptors (Lipinski definition) is 8. The van der Waals surface area contributed by atoms with Crippen molar-refractivity contribution in [3.63, 3.8) is 0 Å². The van der Waals surface area contributed by atoms with Gasteiger partial charge in [0.2, 0.25) is 0 Å². The Morgan fingerprint density at radius 3 is 0.992 bits per heavy atom. The van der Waals surface area contributed by atoms with E-state index in [1.165, 1.54) is 44.5 Å². The van der Waals surface area contributed by atoms with Gasteiger partial charge in [-0.15, -0.1) is 0 Å². The van der Waals surface area contributed by atoms with Gasteiger partial charge in [-0.05, 0) is 198 Å². The lowest BCUT2D eigenvalue weighted by molar-refractivity contribution is 0.437. The third kappa shape index (κ3) is 11.2. The van der Waals surface area contributed by atoms with Gasteiger partial charge in [-0.1, -0.05) is 309 Å². The predicted molar refractivity (Wildman–Crippen MR) is 505 cm³/mol. The molecule has 2 aliphatic heterocycles. The number of aromatic nitrogens is 7. The van der Waals surface area contributed by atoms with Gasteiger partial charge in [0.25, 0.3) is 0 Å². The van der Waals surface area contributed by atoms with E-state index in [9.17, 15) is 0 Å². The van der Waals surface area contributed by atoms with E-state index >= 15 is 0 Å². The molecule has 4 aliphatic rings. The van der Waals surface area contributed by atoms with Crippen LogP contribution in [-0.4, -0.2) is 34.5 Å². The fourth-order valence-corrected chi connectivity index (χ4v) is 20.4. The van der Waals surface area contributed by atoms with Crippen molar-refractivity contribution in [2.45, 2.75) is 10.8 Å². The summed E-state index contributed by atoms with van der Waals surface area (Å²) in [6.45, 7) is 0. The van der Waals surface area contributed by atoms with Gasteiger partial charge in [0.1, 0.15) is 28.8 Å². The smallest absolute Gasteiger partial charge is 0.145 e. The number of rotatable bonds is 9. The zero-order chi connectivity index (χ0) is 82.3. The summed E-state index contributed by atoms with van der Waals surface area (Å²) in [6.07, 6.45) is 3.60. The number of nitrogens with zero attached hydrogens (tertiary/aromatic N) is 7. The molecule has 582 valence electrons. The fourth-order valence-electron chi connectivity index (χ4n) is 20.4. The van der Waals surface area contributed by atoms with E-state index in [0.717, 1.165) is 195 Å². The lowest BCUT2D eigenvalue weighted by Gasteiger charge is -2.39. The largest absolute Gasteiger partial charge is 0.457 e. The van der Waals surface area contributed by atoms with Gasteiger partial charge in [-0.3, -0.25) is 14.5 Å². The Labute approximate surface area is 720 Å². The Morgan fingerprint density at radius 2 is 0.560 bits per heavy atom. The van der Waals surface area contributed by atoms with Crippen molar-refractivity contribution in [1.82, 2.24) is 34.5 Å². The Morgan fingerprint density at radius 1 is 0.208 bits per heavy atom. The van der Waals surface area contributed by atoms with Crippen LogP contribution in [0.1, 0.15) is 44.5 Å². The third-order valence-electron chi connectivity index (χ3n) is 25.9. The highest BCUT2D eigenvalue weighted by Gasteiger charge is 2.53. The minimum atomic E-state index is -0.548. The first kappa shape index (κ1) is 71.3. The molecule has 8 heterocycles. The minimum absolute atomic E-state index is 0.540. The molecule has 2 spiro atoms. The van der Waals surface area contributed by atoms with E-state index in [2.05, 4.69) is 385 Å². The molecule has 0 saturated heterocycles. The predicted octanol–water partition coefficient (Wildman–Crippen LogP) is 28.6. The van der Waals surface area contributed by atoms with Crippen LogP contribution >= 0.6 is 0 Å². The molecule has 0 unspecified atom stereocenters. The third-order valence-corrected chi connectivity index (χ3v) is 25.9. The van der Waals surface area contributed by atoms with Crippen molar-refractivity contribution in [3.05, 3.63) is 475 Å². The molecule has 0 N–H and O–H groups in total. The maximum atomic E-state index is 6.94.